The first-order chi connectivity index (χ1) is 21.1. The first-order valence-corrected chi connectivity index (χ1v) is 14.9. The molecule has 3 aromatic rings. The summed E-state index contributed by atoms with van der Waals surface area (Å²) >= 11 is 6.18. The molecular weight excluding hydrogens is 584 g/mol. The summed E-state index contributed by atoms with van der Waals surface area (Å²) in [6, 6.07) is 16.3. The van der Waals surface area contributed by atoms with Gasteiger partial charge in [-0.25, -0.2) is 0 Å². The fourth-order valence-electron chi connectivity index (χ4n) is 5.02. The number of phenols is 2. The molecule has 1 aliphatic rings. The van der Waals surface area contributed by atoms with Crippen molar-refractivity contribution in [1.29, 1.82) is 0 Å². The largest absolute Gasteiger partial charge is 0.504 e. The number of unbranched alkanes of at least 4 members (excludes halogenated alkanes) is 1. The number of nitrogens with zero attached hydrogens (tertiary/aromatic N) is 2. The highest BCUT2D eigenvalue weighted by molar-refractivity contribution is 6.30. The summed E-state index contributed by atoms with van der Waals surface area (Å²) in [5.74, 6) is -0.503. The minimum Gasteiger partial charge on any atom is -0.504 e. The Hall–Kier alpha value is -4.32. The van der Waals surface area contributed by atoms with Crippen molar-refractivity contribution in [3.63, 3.8) is 0 Å². The number of benzene rings is 3. The average molecular weight is 623 g/mol. The monoisotopic (exact) mass is 622 g/mol. The minimum atomic E-state index is -0.659. The van der Waals surface area contributed by atoms with Crippen LogP contribution in [0.25, 0.3) is 0 Å². The molecule has 0 aromatic heterocycles. The van der Waals surface area contributed by atoms with E-state index in [2.05, 4.69) is 10.6 Å². The fourth-order valence-corrected chi connectivity index (χ4v) is 5.14. The highest BCUT2D eigenvalue weighted by Crippen LogP contribution is 2.34. The second-order valence-electron chi connectivity index (χ2n) is 10.5. The highest BCUT2D eigenvalue weighted by Gasteiger charge is 2.34. The number of phenolic OH excluding ortho intramolecular Hbond substituents is 2. The van der Waals surface area contributed by atoms with E-state index in [1.54, 1.807) is 12.1 Å². The summed E-state index contributed by atoms with van der Waals surface area (Å²) in [6.45, 7) is 5.02. The molecule has 8 N–H and O–H groups in total. The lowest BCUT2D eigenvalue weighted by Crippen LogP contribution is -2.56. The van der Waals surface area contributed by atoms with Crippen molar-refractivity contribution in [2.24, 2.45) is 16.5 Å². The number of hydrogen-bond donors (Lipinski definition) is 6. The van der Waals surface area contributed by atoms with Crippen molar-refractivity contribution in [3.8, 4) is 17.2 Å². The van der Waals surface area contributed by atoms with E-state index in [1.165, 1.54) is 18.2 Å². The lowest BCUT2D eigenvalue weighted by Gasteiger charge is -2.36. The summed E-state index contributed by atoms with van der Waals surface area (Å²) in [5.41, 5.74) is 16.4. The zero-order chi connectivity index (χ0) is 31.8. The lowest BCUT2D eigenvalue weighted by molar-refractivity contribution is -0.121. The molecule has 0 aliphatic carbocycles. The number of ether oxygens (including phenoxy) is 1. The molecule has 1 heterocycles. The number of amides is 2. The summed E-state index contributed by atoms with van der Waals surface area (Å²) in [5, 5.41) is 25.3. The van der Waals surface area contributed by atoms with Crippen LogP contribution in [0.15, 0.2) is 65.7 Å². The molecule has 2 unspecified atom stereocenters. The van der Waals surface area contributed by atoms with Gasteiger partial charge in [-0.2, -0.15) is 0 Å². The summed E-state index contributed by atoms with van der Waals surface area (Å²) in [6.07, 6.45) is 0.299. The molecule has 1 aliphatic heterocycles. The van der Waals surface area contributed by atoms with Crippen molar-refractivity contribution in [3.05, 3.63) is 82.4 Å². The minimum absolute atomic E-state index is 0.0944. The standard InChI is InChI=1S/C32H39ClN6O5/c1-3-36-29(42)18-25-31(35)39(19(2)34)26-12-11-23(17-24(26)30(38-25)20-6-9-22(33)10-7-20)44-15-5-4-14-37-32(43)21-8-13-27(40)28(41)16-21/h6-13,16-17,19,25,31,40-41H,3-5,14-15,18,34-35H2,1-2H3,(H,36,42)(H,37,43)/t19?,25-,31?/m0/s1. The molecular formula is C32H39ClN6O5. The number of hydrogen-bond acceptors (Lipinski definition) is 9. The molecule has 234 valence electrons. The third kappa shape index (κ3) is 7.98. The summed E-state index contributed by atoms with van der Waals surface area (Å²) in [4.78, 5) is 31.8. The van der Waals surface area contributed by atoms with Crippen LogP contribution in [0.2, 0.25) is 5.02 Å². The van der Waals surface area contributed by atoms with E-state index in [4.69, 9.17) is 32.8 Å². The van der Waals surface area contributed by atoms with Gasteiger partial charge in [-0.15, -0.1) is 0 Å². The molecule has 11 nitrogen and oxygen atoms in total. The molecule has 4 rings (SSSR count). The Morgan fingerprint density at radius 1 is 1.05 bits per heavy atom. The Labute approximate surface area is 261 Å². The number of fused-ring (bicyclic) bond motifs is 1. The van der Waals surface area contributed by atoms with Crippen LogP contribution in [0.1, 0.15) is 54.6 Å². The number of carbonyl (C=O) groups excluding carboxylic acids is 2. The van der Waals surface area contributed by atoms with E-state index in [0.717, 1.165) is 16.8 Å². The number of nitrogens with two attached hydrogens (primary N) is 2. The molecule has 2 amide bonds. The van der Waals surface area contributed by atoms with Crippen LogP contribution in [0.4, 0.5) is 5.69 Å². The number of benzodiazepines with no additional fused rings is 1. The van der Waals surface area contributed by atoms with Gasteiger partial charge >= 0.3 is 0 Å². The van der Waals surface area contributed by atoms with Gasteiger partial charge in [-0.1, -0.05) is 23.7 Å². The number of carbonyl (C=O) groups is 2. The highest BCUT2D eigenvalue weighted by atomic mass is 35.5. The van der Waals surface area contributed by atoms with E-state index in [9.17, 15) is 19.8 Å². The number of rotatable bonds is 12. The van der Waals surface area contributed by atoms with Gasteiger partial charge in [0.1, 0.15) is 11.9 Å². The molecule has 3 aromatic carbocycles. The molecule has 0 saturated carbocycles. The van der Waals surface area contributed by atoms with Crippen LogP contribution >= 0.6 is 11.6 Å². The molecule has 0 fully saturated rings. The fraction of sp³-hybridized carbons (Fsp3) is 0.344. The van der Waals surface area contributed by atoms with Gasteiger partial charge in [-0.3, -0.25) is 14.6 Å². The summed E-state index contributed by atoms with van der Waals surface area (Å²) in [7, 11) is 0. The van der Waals surface area contributed by atoms with Crippen LogP contribution in [-0.4, -0.2) is 65.8 Å². The molecule has 0 saturated heterocycles. The Morgan fingerprint density at radius 3 is 2.48 bits per heavy atom. The van der Waals surface area contributed by atoms with E-state index < -0.39 is 18.4 Å². The maximum absolute atomic E-state index is 12.6. The van der Waals surface area contributed by atoms with Crippen LogP contribution in [0.5, 0.6) is 17.2 Å². The van der Waals surface area contributed by atoms with E-state index in [0.29, 0.717) is 49.0 Å². The number of aliphatic imine (C=N–C) groups is 1. The smallest absolute Gasteiger partial charge is 0.251 e. The normalized spacial score (nSPS) is 16.8. The second kappa shape index (κ2) is 14.9. The van der Waals surface area contributed by atoms with Gasteiger partial charge in [-0.05, 0) is 75.2 Å². The van der Waals surface area contributed by atoms with Crippen LogP contribution < -0.4 is 31.7 Å². The Balaban J connectivity index is 1.51. The van der Waals surface area contributed by atoms with Gasteiger partial charge in [0.25, 0.3) is 5.91 Å². The van der Waals surface area contributed by atoms with Gasteiger partial charge < -0.3 is 42.0 Å². The Kier molecular flexibility index (Phi) is 11.0. The van der Waals surface area contributed by atoms with Gasteiger partial charge in [0.2, 0.25) is 5.91 Å². The Bertz CT molecular complexity index is 1500. The average Bonchev–Trinajstić information content (AvgIpc) is 3.10. The maximum Gasteiger partial charge on any atom is 0.251 e. The van der Waals surface area contributed by atoms with Crippen molar-refractivity contribution >= 4 is 34.8 Å². The summed E-state index contributed by atoms with van der Waals surface area (Å²) < 4.78 is 6.09. The van der Waals surface area contributed by atoms with E-state index in [-0.39, 0.29) is 35.3 Å². The quantitative estimate of drug-likeness (QED) is 0.131. The van der Waals surface area contributed by atoms with Crippen molar-refractivity contribution in [1.82, 2.24) is 10.6 Å². The molecule has 12 heteroatoms. The van der Waals surface area contributed by atoms with Gasteiger partial charge in [0, 0.05) is 40.5 Å². The van der Waals surface area contributed by atoms with Crippen molar-refractivity contribution in [2.75, 3.05) is 24.6 Å². The third-order valence-electron chi connectivity index (χ3n) is 7.20. The molecule has 0 spiro atoms. The molecule has 0 bridgehead atoms. The third-order valence-corrected chi connectivity index (χ3v) is 7.45. The predicted octanol–water partition coefficient (Wildman–Crippen LogP) is 3.48. The van der Waals surface area contributed by atoms with Crippen molar-refractivity contribution < 1.29 is 24.5 Å². The lowest BCUT2D eigenvalue weighted by atomic mass is 9.99. The molecule has 0 radical (unpaired) electrons. The van der Waals surface area contributed by atoms with Gasteiger partial charge in [0.15, 0.2) is 11.5 Å². The second-order valence-corrected chi connectivity index (χ2v) is 11.0. The predicted molar refractivity (Wildman–Crippen MR) is 172 cm³/mol. The van der Waals surface area contributed by atoms with Crippen LogP contribution in [0.3, 0.4) is 0 Å². The van der Waals surface area contributed by atoms with E-state index >= 15 is 0 Å². The van der Waals surface area contributed by atoms with Crippen LogP contribution in [0, 0.1) is 0 Å². The maximum atomic E-state index is 12.6. The van der Waals surface area contributed by atoms with Gasteiger partial charge in [0.05, 0.1) is 30.9 Å². The first-order valence-electron chi connectivity index (χ1n) is 14.6. The number of aromatic hydroxyl groups is 2. The zero-order valence-corrected chi connectivity index (χ0v) is 25.6. The Morgan fingerprint density at radius 2 is 1.80 bits per heavy atom. The SMILES string of the molecule is CCNC(=O)C[C@@H]1N=C(c2ccc(Cl)cc2)c2cc(OCCCCNC(=O)c3ccc(O)c(O)c3)ccc2N(C(C)N)C1N. The topological polar surface area (TPSA) is 176 Å². The number of halogens is 1. The van der Waals surface area contributed by atoms with E-state index in [1.807, 2.05) is 49.1 Å². The molecule has 3 atom stereocenters. The first kappa shape index (κ1) is 32.6. The number of nitrogens with one attached hydrogen (secondary N) is 2. The number of anilines is 1. The van der Waals surface area contributed by atoms with Crippen LogP contribution in [-0.2, 0) is 4.79 Å². The zero-order valence-electron chi connectivity index (χ0n) is 24.8. The molecule has 44 heavy (non-hydrogen) atoms. The van der Waals surface area contributed by atoms with Crippen molar-refractivity contribution in [2.45, 2.75) is 51.5 Å².